The van der Waals surface area contributed by atoms with Crippen molar-refractivity contribution in [3.05, 3.63) is 12.3 Å². The number of nitrogens with two attached hydrogens (primary N) is 1. The van der Waals surface area contributed by atoms with E-state index in [1.807, 2.05) is 6.92 Å². The molecule has 0 radical (unpaired) electrons. The summed E-state index contributed by atoms with van der Waals surface area (Å²) in [4.78, 5) is 0. The van der Waals surface area contributed by atoms with Crippen LogP contribution in [0.3, 0.4) is 0 Å². The summed E-state index contributed by atoms with van der Waals surface area (Å²) in [5, 5.41) is 9.09. The van der Waals surface area contributed by atoms with E-state index in [9.17, 15) is 0 Å². The Labute approximate surface area is 75.5 Å². The zero-order chi connectivity index (χ0) is 9.72. The van der Waals surface area contributed by atoms with Crippen molar-refractivity contribution in [3.63, 3.8) is 0 Å². The highest BCUT2D eigenvalue weighted by molar-refractivity contribution is 4.87. The number of aliphatic hydroxyl groups excluding tert-OH is 1. The topological polar surface area (TPSA) is 46.2 Å². The minimum Gasteiger partial charge on any atom is -0.513 e. The summed E-state index contributed by atoms with van der Waals surface area (Å²) in [6.07, 6.45) is 1.91. The van der Waals surface area contributed by atoms with E-state index in [1.54, 1.807) is 0 Å². The minimum absolute atomic E-state index is 0.164. The molecule has 0 saturated carbocycles. The highest BCUT2D eigenvalue weighted by atomic mass is 16.3. The highest BCUT2D eigenvalue weighted by Gasteiger charge is 2.15. The predicted molar refractivity (Wildman–Crippen MR) is 53.0 cm³/mol. The van der Waals surface area contributed by atoms with Gasteiger partial charge in [-0.25, -0.2) is 0 Å². The summed E-state index contributed by atoms with van der Waals surface area (Å²) in [6.45, 7) is 9.68. The largest absolute Gasteiger partial charge is 0.513 e. The Hall–Kier alpha value is -0.500. The predicted octanol–water partition coefficient (Wildman–Crippen LogP) is 2.46. The monoisotopic (exact) mass is 171 g/mol. The van der Waals surface area contributed by atoms with Gasteiger partial charge in [-0.3, -0.25) is 0 Å². The fourth-order valence-electron chi connectivity index (χ4n) is 1.27. The van der Waals surface area contributed by atoms with Crippen LogP contribution in [0, 0.1) is 11.8 Å². The molecule has 3 atom stereocenters. The molecule has 12 heavy (non-hydrogen) atoms. The molecule has 0 heterocycles. The Morgan fingerprint density at radius 2 is 2.00 bits per heavy atom. The summed E-state index contributed by atoms with van der Waals surface area (Å²) in [7, 11) is 0. The molecule has 0 bridgehead atoms. The van der Waals surface area contributed by atoms with Crippen LogP contribution in [0.4, 0.5) is 0 Å². The third-order valence-electron chi connectivity index (χ3n) is 2.50. The zero-order valence-corrected chi connectivity index (χ0v) is 8.38. The SMILES string of the molecule is C=C(O)[C@H](C)C[C@@H](C)[C@H](N)CC. The van der Waals surface area contributed by atoms with E-state index in [2.05, 4.69) is 20.4 Å². The van der Waals surface area contributed by atoms with Gasteiger partial charge in [0.2, 0.25) is 0 Å². The van der Waals surface area contributed by atoms with E-state index in [0.29, 0.717) is 5.92 Å². The molecule has 72 valence electrons. The molecule has 0 aliphatic carbocycles. The van der Waals surface area contributed by atoms with Crippen molar-refractivity contribution in [2.75, 3.05) is 0 Å². The molecule has 0 saturated heterocycles. The van der Waals surface area contributed by atoms with Gasteiger partial charge in [-0.05, 0) is 18.8 Å². The van der Waals surface area contributed by atoms with E-state index in [-0.39, 0.29) is 17.7 Å². The Balaban J connectivity index is 3.83. The molecular weight excluding hydrogens is 150 g/mol. The standard InChI is InChI=1S/C10H21NO/c1-5-10(11)8(3)6-7(2)9(4)12/h7-8,10,12H,4-6,11H2,1-3H3/t7-,8-,10-/m1/s1. The third-order valence-corrected chi connectivity index (χ3v) is 2.50. The van der Waals surface area contributed by atoms with E-state index in [0.717, 1.165) is 12.8 Å². The summed E-state index contributed by atoms with van der Waals surface area (Å²) < 4.78 is 0. The average Bonchev–Trinajstić information content (AvgIpc) is 2.02. The first-order chi connectivity index (χ1) is 5.49. The lowest BCUT2D eigenvalue weighted by Crippen LogP contribution is -2.28. The maximum Gasteiger partial charge on any atom is 0.0879 e. The van der Waals surface area contributed by atoms with Crippen LogP contribution in [-0.4, -0.2) is 11.1 Å². The number of aliphatic hydroxyl groups is 1. The van der Waals surface area contributed by atoms with Crippen LogP contribution in [0.2, 0.25) is 0 Å². The summed E-state index contributed by atoms with van der Waals surface area (Å²) in [5.74, 6) is 0.886. The summed E-state index contributed by atoms with van der Waals surface area (Å²) in [5.41, 5.74) is 5.85. The maximum atomic E-state index is 9.09. The van der Waals surface area contributed by atoms with Crippen LogP contribution in [0.25, 0.3) is 0 Å². The van der Waals surface area contributed by atoms with E-state index >= 15 is 0 Å². The number of allylic oxidation sites excluding steroid dienone is 1. The van der Waals surface area contributed by atoms with Gasteiger partial charge in [0.05, 0.1) is 5.76 Å². The van der Waals surface area contributed by atoms with Crippen molar-refractivity contribution in [3.8, 4) is 0 Å². The lowest BCUT2D eigenvalue weighted by Gasteiger charge is -2.21. The lowest BCUT2D eigenvalue weighted by molar-refractivity contribution is 0.291. The quantitative estimate of drug-likeness (QED) is 0.624. The number of hydrogen-bond donors (Lipinski definition) is 2. The molecule has 0 aromatic carbocycles. The van der Waals surface area contributed by atoms with Gasteiger partial charge in [0.1, 0.15) is 0 Å². The van der Waals surface area contributed by atoms with Crippen molar-refractivity contribution in [1.82, 2.24) is 0 Å². The van der Waals surface area contributed by atoms with Crippen LogP contribution in [-0.2, 0) is 0 Å². The highest BCUT2D eigenvalue weighted by Crippen LogP contribution is 2.19. The first kappa shape index (κ1) is 11.5. The number of hydrogen-bond acceptors (Lipinski definition) is 2. The zero-order valence-electron chi connectivity index (χ0n) is 8.38. The van der Waals surface area contributed by atoms with Gasteiger partial charge in [-0.15, -0.1) is 0 Å². The minimum atomic E-state index is 0.164. The van der Waals surface area contributed by atoms with E-state index in [4.69, 9.17) is 10.8 Å². The van der Waals surface area contributed by atoms with Crippen molar-refractivity contribution in [2.45, 2.75) is 39.7 Å². The molecule has 2 heteroatoms. The molecule has 0 spiro atoms. The normalized spacial score (nSPS) is 18.3. The van der Waals surface area contributed by atoms with Crippen LogP contribution in [0.15, 0.2) is 12.3 Å². The summed E-state index contributed by atoms with van der Waals surface area (Å²) in [6, 6.07) is 0.242. The van der Waals surface area contributed by atoms with Gasteiger partial charge in [0.25, 0.3) is 0 Å². The van der Waals surface area contributed by atoms with Crippen molar-refractivity contribution < 1.29 is 5.11 Å². The van der Waals surface area contributed by atoms with Crippen molar-refractivity contribution in [2.24, 2.45) is 17.6 Å². The molecule has 0 rings (SSSR count). The fraction of sp³-hybridized carbons (Fsp3) is 0.800. The van der Waals surface area contributed by atoms with E-state index in [1.165, 1.54) is 0 Å². The molecule has 0 fully saturated rings. The maximum absolute atomic E-state index is 9.09. The van der Waals surface area contributed by atoms with Gasteiger partial charge in [0, 0.05) is 12.0 Å². The molecule has 0 aromatic heterocycles. The second-order valence-corrected chi connectivity index (χ2v) is 3.68. The lowest BCUT2D eigenvalue weighted by atomic mass is 9.90. The first-order valence-corrected chi connectivity index (χ1v) is 4.62. The van der Waals surface area contributed by atoms with Crippen molar-refractivity contribution in [1.29, 1.82) is 0 Å². The summed E-state index contributed by atoms with van der Waals surface area (Å²) >= 11 is 0. The van der Waals surface area contributed by atoms with Gasteiger partial charge in [-0.2, -0.15) is 0 Å². The third kappa shape index (κ3) is 3.77. The second-order valence-electron chi connectivity index (χ2n) is 3.68. The molecule has 0 aromatic rings. The Morgan fingerprint density at radius 1 is 1.50 bits per heavy atom. The Morgan fingerprint density at radius 3 is 2.33 bits per heavy atom. The Bertz CT molecular complexity index is 145. The molecule has 0 aliphatic rings. The van der Waals surface area contributed by atoms with Crippen molar-refractivity contribution >= 4 is 0 Å². The van der Waals surface area contributed by atoms with Gasteiger partial charge in [-0.1, -0.05) is 27.4 Å². The molecule has 2 nitrogen and oxygen atoms in total. The van der Waals surface area contributed by atoms with Gasteiger partial charge < -0.3 is 10.8 Å². The van der Waals surface area contributed by atoms with Crippen LogP contribution in [0.1, 0.15) is 33.6 Å². The number of rotatable bonds is 5. The molecule has 0 amide bonds. The molecular formula is C10H21NO. The second kappa shape index (κ2) is 5.20. The van der Waals surface area contributed by atoms with Crippen LogP contribution >= 0.6 is 0 Å². The van der Waals surface area contributed by atoms with Gasteiger partial charge >= 0.3 is 0 Å². The molecule has 3 N–H and O–H groups in total. The fourth-order valence-corrected chi connectivity index (χ4v) is 1.27. The van der Waals surface area contributed by atoms with Gasteiger partial charge in [0.15, 0.2) is 0 Å². The molecule has 0 unspecified atom stereocenters. The first-order valence-electron chi connectivity index (χ1n) is 4.62. The molecule has 0 aliphatic heterocycles. The smallest absolute Gasteiger partial charge is 0.0879 e. The Kier molecular flexibility index (Phi) is 4.98. The van der Waals surface area contributed by atoms with Crippen LogP contribution < -0.4 is 5.73 Å². The van der Waals surface area contributed by atoms with Crippen LogP contribution in [0.5, 0.6) is 0 Å². The van der Waals surface area contributed by atoms with E-state index < -0.39 is 0 Å². The average molecular weight is 171 g/mol.